The molecule has 0 fully saturated rings. The summed E-state index contributed by atoms with van der Waals surface area (Å²) >= 11 is 0. The minimum absolute atomic E-state index is 0.0576. The van der Waals surface area contributed by atoms with Crippen LogP contribution in [0.2, 0.25) is 0 Å². The van der Waals surface area contributed by atoms with E-state index in [0.717, 1.165) is 0 Å². The van der Waals surface area contributed by atoms with Crippen LogP contribution in [0.1, 0.15) is 33.6 Å². The maximum Gasteiger partial charge on any atom is 0.323 e. The summed E-state index contributed by atoms with van der Waals surface area (Å²) in [6.07, 6.45) is 1.30. The maximum absolute atomic E-state index is 11.8. The number of carbonyl (C=O) groups excluding carboxylic acids is 1. The van der Waals surface area contributed by atoms with Crippen LogP contribution in [0.5, 0.6) is 0 Å². The lowest BCUT2D eigenvalue weighted by atomic mass is 10.1. The van der Waals surface area contributed by atoms with Crippen LogP contribution in [0.15, 0.2) is 4.99 Å². The highest BCUT2D eigenvalue weighted by atomic mass is 16.5. The van der Waals surface area contributed by atoms with Gasteiger partial charge in [0.2, 0.25) is 0 Å². The van der Waals surface area contributed by atoms with Crippen molar-refractivity contribution in [2.75, 3.05) is 46.6 Å². The third kappa shape index (κ3) is 16.8. The van der Waals surface area contributed by atoms with Gasteiger partial charge in [-0.1, -0.05) is 13.8 Å². The Balaban J connectivity index is 0. The first-order valence-electron chi connectivity index (χ1n) is 8.13. The fourth-order valence-corrected chi connectivity index (χ4v) is 1.60. The summed E-state index contributed by atoms with van der Waals surface area (Å²) in [6, 6.07) is -0.370. The average Bonchev–Trinajstić information content (AvgIpc) is 2.54. The molecule has 0 aliphatic rings. The second-order valence-electron chi connectivity index (χ2n) is 4.31. The van der Waals surface area contributed by atoms with Gasteiger partial charge in [-0.2, -0.15) is 0 Å². The minimum Gasteiger partial charge on any atom is -0.465 e. The third-order valence-electron chi connectivity index (χ3n) is 2.59. The summed E-state index contributed by atoms with van der Waals surface area (Å²) in [6.45, 7) is 8.79. The smallest absolute Gasteiger partial charge is 0.323 e. The topological polar surface area (TPSA) is 121 Å². The van der Waals surface area contributed by atoms with Crippen molar-refractivity contribution < 1.29 is 19.0 Å². The van der Waals surface area contributed by atoms with Gasteiger partial charge in [0.25, 0.3) is 0 Å². The van der Waals surface area contributed by atoms with Crippen LogP contribution in [-0.4, -0.2) is 64.6 Å². The molecule has 1 unspecified atom stereocenters. The van der Waals surface area contributed by atoms with Crippen molar-refractivity contribution in [2.24, 2.45) is 16.5 Å². The first kappa shape index (κ1) is 23.9. The van der Waals surface area contributed by atoms with E-state index in [-0.39, 0.29) is 18.0 Å². The minimum atomic E-state index is -0.370. The fraction of sp³-hybridized carbons (Fsp3) is 0.867. The lowest BCUT2D eigenvalue weighted by Crippen LogP contribution is -2.40. The highest BCUT2D eigenvalue weighted by Crippen LogP contribution is 2.01. The fourth-order valence-electron chi connectivity index (χ4n) is 1.60. The number of esters is 1. The molecule has 5 N–H and O–H groups in total. The van der Waals surface area contributed by atoms with E-state index in [2.05, 4.69) is 10.3 Å². The summed E-state index contributed by atoms with van der Waals surface area (Å²) in [4.78, 5) is 15.7. The number of aliphatic imine (C=N–C) groups is 1. The molecule has 8 heteroatoms. The van der Waals surface area contributed by atoms with Gasteiger partial charge in [0.05, 0.1) is 26.4 Å². The number of guanidine groups is 1. The molecule has 0 radical (unpaired) electrons. The van der Waals surface area contributed by atoms with E-state index in [1.165, 1.54) is 0 Å². The van der Waals surface area contributed by atoms with E-state index < -0.39 is 0 Å². The molecule has 0 aromatic heterocycles. The number of carbonyl (C=O) groups is 1. The zero-order valence-corrected chi connectivity index (χ0v) is 15.0. The molecule has 0 saturated heterocycles. The number of hydrogen-bond acceptors (Lipinski definition) is 6. The Labute approximate surface area is 139 Å². The number of ether oxygens (including phenoxy) is 3. The molecule has 0 aromatic carbocycles. The zero-order valence-electron chi connectivity index (χ0n) is 15.0. The van der Waals surface area contributed by atoms with Crippen LogP contribution < -0.4 is 16.8 Å². The molecule has 0 aromatic rings. The normalized spacial score (nSPS) is 11.1. The summed E-state index contributed by atoms with van der Waals surface area (Å²) < 4.78 is 15.2. The molecule has 0 rings (SSSR count). The molecule has 1 atom stereocenters. The van der Waals surface area contributed by atoms with Gasteiger partial charge in [0, 0.05) is 20.2 Å². The quantitative estimate of drug-likeness (QED) is 0.191. The largest absolute Gasteiger partial charge is 0.465 e. The summed E-state index contributed by atoms with van der Waals surface area (Å²) in [7, 11) is 1.62. The second kappa shape index (κ2) is 18.7. The Morgan fingerprint density at radius 1 is 1.22 bits per heavy atom. The monoisotopic (exact) mass is 334 g/mol. The van der Waals surface area contributed by atoms with Crippen molar-refractivity contribution in [3.8, 4) is 0 Å². The molecular formula is C15H34N4O4. The van der Waals surface area contributed by atoms with Crippen molar-refractivity contribution in [1.82, 2.24) is 5.32 Å². The van der Waals surface area contributed by atoms with Gasteiger partial charge in [-0.05, 0) is 19.8 Å². The standard InChI is InChI=1S/C13H28N4O4.C2H6/c1-3-21-12(18)11(5-4-6-17-13(14)15)16-7-8-20-10-9-19-2;1-2/h11,16H,3-10H2,1-2H3,(H4,14,15,17);1-2H3. The van der Waals surface area contributed by atoms with Crippen LogP contribution in [0.4, 0.5) is 0 Å². The van der Waals surface area contributed by atoms with Gasteiger partial charge < -0.3 is 31.0 Å². The number of methoxy groups -OCH3 is 1. The van der Waals surface area contributed by atoms with Gasteiger partial charge in [-0.25, -0.2) is 0 Å². The van der Waals surface area contributed by atoms with E-state index in [0.29, 0.717) is 52.4 Å². The molecule has 0 saturated carbocycles. The summed E-state index contributed by atoms with van der Waals surface area (Å²) in [5.74, 6) is -0.207. The van der Waals surface area contributed by atoms with Crippen LogP contribution >= 0.6 is 0 Å². The lowest BCUT2D eigenvalue weighted by molar-refractivity contribution is -0.145. The summed E-state index contributed by atoms with van der Waals surface area (Å²) in [5.41, 5.74) is 10.5. The molecule has 0 aliphatic carbocycles. The predicted molar refractivity (Wildman–Crippen MR) is 92.4 cm³/mol. The van der Waals surface area contributed by atoms with Crippen molar-refractivity contribution in [1.29, 1.82) is 0 Å². The lowest BCUT2D eigenvalue weighted by Gasteiger charge is -2.17. The Kier molecular flexibility index (Phi) is 19.4. The Bertz CT molecular complexity index is 297. The van der Waals surface area contributed by atoms with Gasteiger partial charge in [-0.15, -0.1) is 0 Å². The van der Waals surface area contributed by atoms with Crippen LogP contribution in [0.3, 0.4) is 0 Å². The van der Waals surface area contributed by atoms with Gasteiger partial charge in [0.15, 0.2) is 5.96 Å². The first-order chi connectivity index (χ1) is 11.1. The van der Waals surface area contributed by atoms with Crippen LogP contribution in [-0.2, 0) is 19.0 Å². The molecule has 0 heterocycles. The predicted octanol–water partition coefficient (Wildman–Crippen LogP) is 0.251. The van der Waals surface area contributed by atoms with Crippen molar-refractivity contribution in [3.05, 3.63) is 0 Å². The Morgan fingerprint density at radius 3 is 2.48 bits per heavy atom. The molecule has 138 valence electrons. The van der Waals surface area contributed by atoms with Gasteiger partial charge in [0.1, 0.15) is 6.04 Å². The number of nitrogens with one attached hydrogen (secondary N) is 1. The molecule has 8 nitrogen and oxygen atoms in total. The van der Waals surface area contributed by atoms with E-state index in [1.54, 1.807) is 14.0 Å². The first-order valence-corrected chi connectivity index (χ1v) is 8.13. The number of rotatable bonds is 13. The highest BCUT2D eigenvalue weighted by Gasteiger charge is 2.18. The molecule has 0 amide bonds. The maximum atomic E-state index is 11.8. The van der Waals surface area contributed by atoms with Crippen molar-refractivity contribution in [3.63, 3.8) is 0 Å². The van der Waals surface area contributed by atoms with E-state index in [1.807, 2.05) is 13.8 Å². The number of hydrogen-bond donors (Lipinski definition) is 3. The van der Waals surface area contributed by atoms with Crippen molar-refractivity contribution in [2.45, 2.75) is 39.7 Å². The van der Waals surface area contributed by atoms with Crippen LogP contribution in [0, 0.1) is 0 Å². The molecule has 0 spiro atoms. The van der Waals surface area contributed by atoms with Gasteiger partial charge in [-0.3, -0.25) is 9.79 Å². The van der Waals surface area contributed by atoms with E-state index in [9.17, 15) is 4.79 Å². The van der Waals surface area contributed by atoms with Crippen LogP contribution in [0.25, 0.3) is 0 Å². The van der Waals surface area contributed by atoms with Gasteiger partial charge >= 0.3 is 5.97 Å². The second-order valence-corrected chi connectivity index (χ2v) is 4.31. The molecular weight excluding hydrogens is 300 g/mol. The van der Waals surface area contributed by atoms with Crippen molar-refractivity contribution >= 4 is 11.9 Å². The Morgan fingerprint density at radius 2 is 1.91 bits per heavy atom. The molecule has 23 heavy (non-hydrogen) atoms. The van der Waals surface area contributed by atoms with E-state index >= 15 is 0 Å². The number of nitrogens with two attached hydrogens (primary N) is 2. The zero-order chi connectivity index (χ0) is 17.9. The molecule has 0 aliphatic heterocycles. The SMILES string of the molecule is CC.CCOC(=O)C(CCCN=C(N)N)NCCOCCOC. The number of nitrogens with zero attached hydrogens (tertiary/aromatic N) is 1. The Hall–Kier alpha value is -1.38. The molecule has 0 bridgehead atoms. The third-order valence-corrected chi connectivity index (χ3v) is 2.59. The average molecular weight is 334 g/mol. The van der Waals surface area contributed by atoms with E-state index in [4.69, 9.17) is 25.7 Å². The summed E-state index contributed by atoms with van der Waals surface area (Å²) in [5, 5.41) is 3.12. The highest BCUT2D eigenvalue weighted by molar-refractivity contribution is 5.76.